The molecule has 0 atom stereocenters. The molecule has 0 aliphatic carbocycles. The van der Waals surface area contributed by atoms with Crippen molar-refractivity contribution in [1.29, 1.82) is 0 Å². The molecule has 2 aromatic rings. The zero-order valence-corrected chi connectivity index (χ0v) is 11.5. The van der Waals surface area contributed by atoms with Crippen LogP contribution in [-0.4, -0.2) is 21.8 Å². The molecular weight excluding hydrogens is 268 g/mol. The number of nitrogens with one attached hydrogen (secondary N) is 1. The fraction of sp³-hybridized carbons (Fsp3) is 0.385. The number of carboxylic acids is 1. The Morgan fingerprint density at radius 2 is 2.26 bits per heavy atom. The van der Waals surface area contributed by atoms with Crippen molar-refractivity contribution in [3.05, 3.63) is 23.2 Å². The van der Waals surface area contributed by atoms with Gasteiger partial charge in [-0.1, -0.05) is 16.8 Å². The van der Waals surface area contributed by atoms with E-state index in [4.69, 9.17) is 21.2 Å². The normalized spacial score (nSPS) is 11.7. The van der Waals surface area contributed by atoms with Gasteiger partial charge in [-0.05, 0) is 38.5 Å². The highest BCUT2D eigenvalue weighted by atomic mass is 35.5. The van der Waals surface area contributed by atoms with Crippen molar-refractivity contribution in [2.24, 2.45) is 0 Å². The topological polar surface area (TPSA) is 75.4 Å². The Bertz CT molecular complexity index is 607. The van der Waals surface area contributed by atoms with E-state index in [0.29, 0.717) is 22.8 Å². The maximum absolute atomic E-state index is 10.6. The first-order chi connectivity index (χ1) is 8.87. The monoisotopic (exact) mass is 282 g/mol. The first-order valence-electron chi connectivity index (χ1n) is 5.92. The Hall–Kier alpha value is -1.75. The van der Waals surface area contributed by atoms with Crippen LogP contribution < -0.4 is 5.32 Å². The van der Waals surface area contributed by atoms with Gasteiger partial charge < -0.3 is 14.9 Å². The molecule has 0 aliphatic rings. The molecule has 0 fully saturated rings. The number of benzene rings is 1. The fourth-order valence-corrected chi connectivity index (χ4v) is 1.98. The van der Waals surface area contributed by atoms with Gasteiger partial charge in [0.05, 0.1) is 5.39 Å². The first kappa shape index (κ1) is 13.7. The molecule has 1 aromatic carbocycles. The van der Waals surface area contributed by atoms with Gasteiger partial charge in [0, 0.05) is 17.0 Å². The lowest BCUT2D eigenvalue weighted by Crippen LogP contribution is -2.31. The predicted octanol–water partition coefficient (Wildman–Crippen LogP) is 3.54. The van der Waals surface area contributed by atoms with E-state index in [1.54, 1.807) is 18.2 Å². The summed E-state index contributed by atoms with van der Waals surface area (Å²) in [6.45, 7) is 3.84. The van der Waals surface area contributed by atoms with E-state index in [1.165, 1.54) is 0 Å². The zero-order chi connectivity index (χ0) is 14.0. The highest BCUT2D eigenvalue weighted by Gasteiger charge is 2.21. The lowest BCUT2D eigenvalue weighted by molar-refractivity contribution is -0.137. The molecule has 5 nitrogen and oxygen atoms in total. The molecule has 0 bridgehead atoms. The van der Waals surface area contributed by atoms with Crippen molar-refractivity contribution in [3.8, 4) is 0 Å². The number of carboxylic acid groups (broad SMARTS) is 1. The summed E-state index contributed by atoms with van der Waals surface area (Å²) in [4.78, 5) is 10.6. The summed E-state index contributed by atoms with van der Waals surface area (Å²) in [5, 5.41) is 17.3. The number of nitrogens with zero attached hydrogens (tertiary/aromatic N) is 1. The van der Waals surface area contributed by atoms with Crippen LogP contribution in [-0.2, 0) is 4.79 Å². The van der Waals surface area contributed by atoms with Gasteiger partial charge >= 0.3 is 5.97 Å². The third-order valence-corrected chi connectivity index (χ3v) is 3.09. The second-order valence-corrected chi connectivity index (χ2v) is 5.51. The number of fused-ring (bicyclic) bond motifs is 1. The van der Waals surface area contributed by atoms with Crippen molar-refractivity contribution in [1.82, 2.24) is 5.16 Å². The van der Waals surface area contributed by atoms with Crippen LogP contribution in [0.25, 0.3) is 11.0 Å². The van der Waals surface area contributed by atoms with Crippen molar-refractivity contribution in [2.75, 3.05) is 5.32 Å². The molecule has 0 radical (unpaired) electrons. The van der Waals surface area contributed by atoms with Gasteiger partial charge in [-0.2, -0.15) is 0 Å². The average Bonchev–Trinajstić information content (AvgIpc) is 2.69. The van der Waals surface area contributed by atoms with E-state index in [9.17, 15) is 4.79 Å². The molecule has 1 heterocycles. The van der Waals surface area contributed by atoms with Crippen LogP contribution >= 0.6 is 11.6 Å². The summed E-state index contributed by atoms with van der Waals surface area (Å²) in [5.74, 6) is -0.240. The van der Waals surface area contributed by atoms with E-state index in [1.807, 2.05) is 13.8 Å². The first-order valence-corrected chi connectivity index (χ1v) is 6.30. The summed E-state index contributed by atoms with van der Waals surface area (Å²) in [7, 11) is 0. The Kier molecular flexibility index (Phi) is 3.66. The minimum absolute atomic E-state index is 0.0938. The molecular formula is C13H15ClN2O3. The van der Waals surface area contributed by atoms with Gasteiger partial charge in [-0.25, -0.2) is 0 Å². The van der Waals surface area contributed by atoms with Gasteiger partial charge in [0.1, 0.15) is 0 Å². The molecule has 1 aromatic heterocycles. The van der Waals surface area contributed by atoms with Crippen LogP contribution in [0.4, 0.5) is 5.82 Å². The summed E-state index contributed by atoms with van der Waals surface area (Å²) in [6.07, 6.45) is 0.577. The van der Waals surface area contributed by atoms with Gasteiger partial charge in [0.15, 0.2) is 11.4 Å². The second-order valence-electron chi connectivity index (χ2n) is 5.07. The minimum atomic E-state index is -0.817. The molecule has 0 spiro atoms. The Morgan fingerprint density at radius 3 is 2.95 bits per heavy atom. The van der Waals surface area contributed by atoms with E-state index >= 15 is 0 Å². The predicted molar refractivity (Wildman–Crippen MR) is 73.6 cm³/mol. The average molecular weight is 283 g/mol. The summed E-state index contributed by atoms with van der Waals surface area (Å²) in [5.41, 5.74) is 0.241. The molecule has 0 amide bonds. The van der Waals surface area contributed by atoms with E-state index in [-0.39, 0.29) is 6.42 Å². The number of hydrogen-bond acceptors (Lipinski definition) is 4. The minimum Gasteiger partial charge on any atom is -0.481 e. The molecule has 0 aliphatic heterocycles. The van der Waals surface area contributed by atoms with Crippen molar-refractivity contribution >= 4 is 34.4 Å². The SMILES string of the molecule is CC(C)(CCC(=O)O)Nc1noc2ccc(Cl)cc12. The van der Waals surface area contributed by atoms with Crippen LogP contribution in [0, 0.1) is 0 Å². The van der Waals surface area contributed by atoms with Gasteiger partial charge in [-0.15, -0.1) is 0 Å². The van der Waals surface area contributed by atoms with Crippen molar-refractivity contribution in [2.45, 2.75) is 32.2 Å². The number of anilines is 1. The quantitative estimate of drug-likeness (QED) is 0.877. The van der Waals surface area contributed by atoms with E-state index < -0.39 is 11.5 Å². The second kappa shape index (κ2) is 5.09. The highest BCUT2D eigenvalue weighted by Crippen LogP contribution is 2.29. The molecule has 6 heteroatoms. The van der Waals surface area contributed by atoms with Crippen LogP contribution in [0.5, 0.6) is 0 Å². The van der Waals surface area contributed by atoms with Gasteiger partial charge in [0.25, 0.3) is 0 Å². The van der Waals surface area contributed by atoms with Gasteiger partial charge in [-0.3, -0.25) is 4.79 Å². The number of rotatable bonds is 5. The van der Waals surface area contributed by atoms with Crippen molar-refractivity contribution < 1.29 is 14.4 Å². The largest absolute Gasteiger partial charge is 0.481 e. The molecule has 102 valence electrons. The molecule has 19 heavy (non-hydrogen) atoms. The molecule has 0 unspecified atom stereocenters. The Balaban J connectivity index is 2.20. The number of aliphatic carboxylic acids is 1. The number of halogens is 1. The highest BCUT2D eigenvalue weighted by molar-refractivity contribution is 6.31. The Morgan fingerprint density at radius 1 is 1.53 bits per heavy atom. The Labute approximate surface area is 115 Å². The number of hydrogen-bond donors (Lipinski definition) is 2. The lowest BCUT2D eigenvalue weighted by Gasteiger charge is -2.25. The molecule has 0 saturated heterocycles. The third-order valence-electron chi connectivity index (χ3n) is 2.85. The lowest BCUT2D eigenvalue weighted by atomic mass is 9.98. The van der Waals surface area contributed by atoms with E-state index in [0.717, 1.165) is 5.39 Å². The number of carbonyl (C=O) groups is 1. The van der Waals surface area contributed by atoms with Crippen LogP contribution in [0.15, 0.2) is 22.7 Å². The maximum atomic E-state index is 10.6. The summed E-state index contributed by atoms with van der Waals surface area (Å²) < 4.78 is 5.19. The molecule has 2 rings (SSSR count). The smallest absolute Gasteiger partial charge is 0.303 e. The summed E-state index contributed by atoms with van der Waals surface area (Å²) in [6, 6.07) is 5.25. The van der Waals surface area contributed by atoms with Crippen LogP contribution in [0.2, 0.25) is 5.02 Å². The molecule has 2 N–H and O–H groups in total. The zero-order valence-electron chi connectivity index (χ0n) is 10.7. The van der Waals surface area contributed by atoms with E-state index in [2.05, 4.69) is 10.5 Å². The van der Waals surface area contributed by atoms with Gasteiger partial charge in [0.2, 0.25) is 0 Å². The van der Waals surface area contributed by atoms with Crippen molar-refractivity contribution in [3.63, 3.8) is 0 Å². The maximum Gasteiger partial charge on any atom is 0.303 e. The summed E-state index contributed by atoms with van der Waals surface area (Å²) >= 11 is 5.95. The number of aromatic nitrogens is 1. The van der Waals surface area contributed by atoms with Crippen LogP contribution in [0.1, 0.15) is 26.7 Å². The third kappa shape index (κ3) is 3.38. The van der Waals surface area contributed by atoms with Crippen LogP contribution in [0.3, 0.4) is 0 Å². The standard InChI is InChI=1S/C13H15ClN2O3/c1-13(2,6-5-11(17)18)15-12-9-7-8(14)3-4-10(9)19-16-12/h3-4,7H,5-6H2,1-2H3,(H,15,16)(H,17,18). The fourth-order valence-electron chi connectivity index (χ4n) is 1.80. The molecule has 0 saturated carbocycles.